The lowest BCUT2D eigenvalue weighted by Gasteiger charge is -2.32. The van der Waals surface area contributed by atoms with E-state index in [0.29, 0.717) is 22.8 Å². The molecule has 0 aliphatic heterocycles. The van der Waals surface area contributed by atoms with E-state index >= 15 is 0 Å². The van der Waals surface area contributed by atoms with Gasteiger partial charge in [-0.2, -0.15) is 0 Å². The highest BCUT2D eigenvalue weighted by molar-refractivity contribution is 7.92. The first-order chi connectivity index (χ1) is 15.8. The Kier molecular flexibility index (Phi) is 9.53. The van der Waals surface area contributed by atoms with Gasteiger partial charge in [-0.3, -0.25) is 13.9 Å². The van der Waals surface area contributed by atoms with E-state index in [9.17, 15) is 18.0 Å². The zero-order valence-corrected chi connectivity index (χ0v) is 22.2. The molecule has 7 nitrogen and oxygen atoms in total. The molecule has 2 rings (SSSR count). The number of hydrogen-bond acceptors (Lipinski definition) is 4. The molecular weight excluding hydrogens is 474 g/mol. The number of anilines is 1. The lowest BCUT2D eigenvalue weighted by Crippen LogP contribution is -2.51. The summed E-state index contributed by atoms with van der Waals surface area (Å²) in [5, 5.41) is 3.32. The lowest BCUT2D eigenvalue weighted by atomic mass is 10.1. The predicted molar refractivity (Wildman–Crippen MR) is 137 cm³/mol. The fourth-order valence-electron chi connectivity index (χ4n) is 3.62. The van der Waals surface area contributed by atoms with Gasteiger partial charge >= 0.3 is 0 Å². The van der Waals surface area contributed by atoms with Crippen molar-refractivity contribution in [3.05, 3.63) is 64.2 Å². The molecule has 0 spiro atoms. The minimum Gasteiger partial charge on any atom is -0.354 e. The van der Waals surface area contributed by atoms with Crippen molar-refractivity contribution in [3.63, 3.8) is 0 Å². The van der Waals surface area contributed by atoms with Gasteiger partial charge in [0.25, 0.3) is 0 Å². The highest BCUT2D eigenvalue weighted by atomic mass is 35.5. The summed E-state index contributed by atoms with van der Waals surface area (Å²) in [5.41, 5.74) is 2.60. The third kappa shape index (κ3) is 7.21. The molecule has 0 aliphatic rings. The van der Waals surface area contributed by atoms with Crippen LogP contribution in [0.5, 0.6) is 0 Å². The Hall–Kier alpha value is -2.58. The largest absolute Gasteiger partial charge is 0.354 e. The standard InChI is InChI=1S/C25H34ClN3O4S/c1-17(2)14-27-25(31)20(5)28(15-21-12-7-8-13-22(21)26)23(30)16-29(34(6,32)33)24-18(3)10-9-11-19(24)4/h7-13,17,20H,14-16H2,1-6H3,(H,27,31). The summed E-state index contributed by atoms with van der Waals surface area (Å²) in [6.45, 7) is 9.29. The van der Waals surface area contributed by atoms with Crippen LogP contribution in [0.4, 0.5) is 5.69 Å². The molecule has 0 saturated heterocycles. The van der Waals surface area contributed by atoms with Gasteiger partial charge in [0.1, 0.15) is 12.6 Å². The van der Waals surface area contributed by atoms with E-state index in [1.54, 1.807) is 57.2 Å². The van der Waals surface area contributed by atoms with Crippen LogP contribution < -0.4 is 9.62 Å². The SMILES string of the molecule is Cc1cccc(C)c1N(CC(=O)N(Cc1ccccc1Cl)C(C)C(=O)NCC(C)C)S(C)(=O)=O. The summed E-state index contributed by atoms with van der Waals surface area (Å²) >= 11 is 6.33. The van der Waals surface area contributed by atoms with Gasteiger partial charge in [0.05, 0.1) is 11.9 Å². The van der Waals surface area contributed by atoms with Gasteiger partial charge in [-0.25, -0.2) is 8.42 Å². The van der Waals surface area contributed by atoms with Gasteiger partial charge in [-0.05, 0) is 49.4 Å². The highest BCUT2D eigenvalue weighted by Crippen LogP contribution is 2.27. The van der Waals surface area contributed by atoms with Crippen LogP contribution in [0.15, 0.2) is 42.5 Å². The van der Waals surface area contributed by atoms with E-state index < -0.39 is 28.5 Å². The van der Waals surface area contributed by atoms with Crippen molar-refractivity contribution >= 4 is 39.1 Å². The van der Waals surface area contributed by atoms with Crippen LogP contribution in [0.25, 0.3) is 0 Å². The molecule has 2 aromatic carbocycles. The van der Waals surface area contributed by atoms with Crippen molar-refractivity contribution in [1.29, 1.82) is 0 Å². The fraction of sp³-hybridized carbons (Fsp3) is 0.440. The molecule has 186 valence electrons. The van der Waals surface area contributed by atoms with E-state index in [1.807, 2.05) is 19.9 Å². The van der Waals surface area contributed by atoms with Gasteiger partial charge in [-0.1, -0.05) is 61.8 Å². The molecule has 9 heteroatoms. The number of nitrogens with one attached hydrogen (secondary N) is 1. The van der Waals surface area contributed by atoms with Crippen LogP contribution in [0.1, 0.15) is 37.5 Å². The summed E-state index contributed by atoms with van der Waals surface area (Å²) in [6.07, 6.45) is 1.07. The highest BCUT2D eigenvalue weighted by Gasteiger charge is 2.31. The van der Waals surface area contributed by atoms with E-state index in [4.69, 9.17) is 11.6 Å². The maximum atomic E-state index is 13.6. The van der Waals surface area contributed by atoms with Crippen molar-refractivity contribution in [2.75, 3.05) is 23.7 Å². The second-order valence-corrected chi connectivity index (χ2v) is 11.3. The molecule has 0 bridgehead atoms. The summed E-state index contributed by atoms with van der Waals surface area (Å²) < 4.78 is 26.6. The number of para-hydroxylation sites is 1. The second kappa shape index (κ2) is 11.7. The van der Waals surface area contributed by atoms with Gasteiger partial charge < -0.3 is 10.2 Å². The Morgan fingerprint density at radius 3 is 2.12 bits per heavy atom. The number of carbonyl (C=O) groups is 2. The summed E-state index contributed by atoms with van der Waals surface area (Å²) in [5.74, 6) is -0.569. The topological polar surface area (TPSA) is 86.8 Å². The zero-order valence-electron chi connectivity index (χ0n) is 20.6. The van der Waals surface area contributed by atoms with Gasteiger partial charge in [0.2, 0.25) is 21.8 Å². The number of aryl methyl sites for hydroxylation is 2. The molecule has 1 N–H and O–H groups in total. The summed E-state index contributed by atoms with van der Waals surface area (Å²) in [4.78, 5) is 27.8. The monoisotopic (exact) mass is 507 g/mol. The van der Waals surface area contributed by atoms with Crippen LogP contribution in [0, 0.1) is 19.8 Å². The van der Waals surface area contributed by atoms with E-state index in [2.05, 4.69) is 5.32 Å². The Morgan fingerprint density at radius 1 is 1.00 bits per heavy atom. The number of halogens is 1. The molecule has 0 aliphatic carbocycles. The first-order valence-electron chi connectivity index (χ1n) is 11.2. The van der Waals surface area contributed by atoms with Crippen molar-refractivity contribution < 1.29 is 18.0 Å². The Morgan fingerprint density at radius 2 is 1.59 bits per heavy atom. The quantitative estimate of drug-likeness (QED) is 0.528. The molecule has 2 amide bonds. The van der Waals surface area contributed by atoms with E-state index in [0.717, 1.165) is 21.7 Å². The van der Waals surface area contributed by atoms with Crippen LogP contribution in [-0.2, 0) is 26.2 Å². The normalized spacial score (nSPS) is 12.4. The minimum atomic E-state index is -3.78. The number of amides is 2. The summed E-state index contributed by atoms with van der Waals surface area (Å²) in [7, 11) is -3.78. The molecular formula is C25H34ClN3O4S. The smallest absolute Gasteiger partial charge is 0.244 e. The molecule has 0 radical (unpaired) electrons. The number of hydrogen-bond donors (Lipinski definition) is 1. The maximum Gasteiger partial charge on any atom is 0.244 e. The van der Waals surface area contributed by atoms with Gasteiger partial charge in [-0.15, -0.1) is 0 Å². The number of rotatable bonds is 10. The third-order valence-corrected chi connectivity index (χ3v) is 7.00. The summed E-state index contributed by atoms with van der Waals surface area (Å²) in [6, 6.07) is 11.7. The van der Waals surface area contributed by atoms with Crippen molar-refractivity contribution in [2.24, 2.45) is 5.92 Å². The number of sulfonamides is 1. The molecule has 0 aromatic heterocycles. The van der Waals surface area contributed by atoms with E-state index in [-0.39, 0.29) is 18.4 Å². The van der Waals surface area contributed by atoms with Crippen LogP contribution in [0.3, 0.4) is 0 Å². The third-order valence-electron chi connectivity index (χ3n) is 5.52. The molecule has 0 fully saturated rings. The zero-order chi connectivity index (χ0) is 25.6. The molecule has 34 heavy (non-hydrogen) atoms. The average molecular weight is 508 g/mol. The minimum absolute atomic E-state index is 0.0686. The average Bonchev–Trinajstić information content (AvgIpc) is 2.74. The van der Waals surface area contributed by atoms with Crippen molar-refractivity contribution in [1.82, 2.24) is 10.2 Å². The molecule has 2 aromatic rings. The molecule has 0 heterocycles. The van der Waals surface area contributed by atoms with Gasteiger partial charge in [0, 0.05) is 18.1 Å². The Bertz CT molecular complexity index is 1110. The van der Waals surface area contributed by atoms with E-state index in [1.165, 1.54) is 4.90 Å². The fourth-order valence-corrected chi connectivity index (χ4v) is 4.78. The van der Waals surface area contributed by atoms with Crippen LogP contribution in [-0.4, -0.2) is 50.5 Å². The van der Waals surface area contributed by atoms with Crippen molar-refractivity contribution in [3.8, 4) is 0 Å². The maximum absolute atomic E-state index is 13.6. The second-order valence-electron chi connectivity index (χ2n) is 8.94. The van der Waals surface area contributed by atoms with Crippen LogP contribution in [0.2, 0.25) is 5.02 Å². The first-order valence-corrected chi connectivity index (χ1v) is 13.4. The Balaban J connectivity index is 2.44. The van der Waals surface area contributed by atoms with Gasteiger partial charge in [0.15, 0.2) is 0 Å². The van der Waals surface area contributed by atoms with Crippen LogP contribution >= 0.6 is 11.6 Å². The first kappa shape index (κ1) is 27.7. The number of benzene rings is 2. The molecule has 1 unspecified atom stereocenters. The predicted octanol–water partition coefficient (Wildman–Crippen LogP) is 3.91. The molecule has 1 atom stereocenters. The van der Waals surface area contributed by atoms with Crippen molar-refractivity contribution in [2.45, 2.75) is 47.2 Å². The molecule has 0 saturated carbocycles. The number of carbonyl (C=O) groups excluding carboxylic acids is 2. The lowest BCUT2D eigenvalue weighted by molar-refractivity contribution is -0.139. The Labute approximate surface area is 208 Å². The number of nitrogens with zero attached hydrogens (tertiary/aromatic N) is 2.